The van der Waals surface area contributed by atoms with Gasteiger partial charge in [0.15, 0.2) is 0 Å². The normalized spacial score (nSPS) is 16.4. The maximum atomic E-state index is 13.3. The average molecular weight is 521 g/mol. The van der Waals surface area contributed by atoms with E-state index >= 15 is 0 Å². The van der Waals surface area contributed by atoms with Crippen LogP contribution in [0.15, 0.2) is 48.6 Å². The lowest BCUT2D eigenvalue weighted by molar-refractivity contribution is 0.241. The Balaban J connectivity index is 0.000000261. The summed E-state index contributed by atoms with van der Waals surface area (Å²) < 4.78 is 43.1. The molecule has 37 heavy (non-hydrogen) atoms. The van der Waals surface area contributed by atoms with Gasteiger partial charge < -0.3 is 24.4 Å². The summed E-state index contributed by atoms with van der Waals surface area (Å²) >= 11 is 0. The molecular weight excluding hydrogens is 478 g/mol. The molecular formula is C30H42F2O5. The van der Waals surface area contributed by atoms with Crippen LogP contribution in [0, 0.1) is 11.6 Å². The summed E-state index contributed by atoms with van der Waals surface area (Å²) in [5, 5.41) is 17.5. The molecule has 1 saturated heterocycles. The average Bonchev–Trinajstić information content (AvgIpc) is 3.67. The van der Waals surface area contributed by atoms with Crippen molar-refractivity contribution < 1.29 is 33.2 Å². The Labute approximate surface area is 220 Å². The van der Waals surface area contributed by atoms with Gasteiger partial charge in [0.05, 0.1) is 32.5 Å². The second kappa shape index (κ2) is 17.9. The molecule has 0 aromatic heterocycles. The number of aryl methyl sites for hydroxylation is 2. The lowest BCUT2D eigenvalue weighted by Crippen LogP contribution is -2.03. The van der Waals surface area contributed by atoms with Gasteiger partial charge in [-0.15, -0.1) is 0 Å². The van der Waals surface area contributed by atoms with Crippen molar-refractivity contribution in [2.24, 2.45) is 0 Å². The number of halogens is 2. The van der Waals surface area contributed by atoms with Crippen molar-refractivity contribution in [3.05, 3.63) is 71.3 Å². The van der Waals surface area contributed by atoms with Crippen LogP contribution in [0.3, 0.4) is 0 Å². The van der Waals surface area contributed by atoms with Crippen molar-refractivity contribution in [1.82, 2.24) is 0 Å². The molecule has 2 N–H and O–H groups in total. The van der Waals surface area contributed by atoms with Crippen LogP contribution in [0.1, 0.15) is 63.5 Å². The number of benzene rings is 2. The molecule has 0 amide bonds. The maximum Gasteiger partial charge on any atom is 0.123 e. The predicted octanol–water partition coefficient (Wildman–Crippen LogP) is 6.18. The third-order valence-corrected chi connectivity index (χ3v) is 5.97. The number of aliphatic hydroxyl groups is 2. The fourth-order valence-corrected chi connectivity index (χ4v) is 3.74. The van der Waals surface area contributed by atoms with E-state index in [0.717, 1.165) is 67.6 Å². The summed E-state index contributed by atoms with van der Waals surface area (Å²) in [7, 11) is 0. The summed E-state index contributed by atoms with van der Waals surface area (Å²) in [5.41, 5.74) is 1.76. The van der Waals surface area contributed by atoms with E-state index in [1.807, 2.05) is 6.08 Å². The minimum Gasteiger partial charge on any atom is -0.493 e. The molecule has 206 valence electrons. The van der Waals surface area contributed by atoms with Gasteiger partial charge in [-0.1, -0.05) is 38.8 Å². The highest BCUT2D eigenvalue weighted by Gasteiger charge is 2.37. The molecule has 5 nitrogen and oxygen atoms in total. The molecule has 1 fully saturated rings. The first-order chi connectivity index (χ1) is 18.0. The number of hydrogen-bond acceptors (Lipinski definition) is 5. The minimum absolute atomic E-state index is 0.0296. The van der Waals surface area contributed by atoms with E-state index in [-0.39, 0.29) is 37.1 Å². The molecule has 0 radical (unpaired) electrons. The van der Waals surface area contributed by atoms with E-state index in [1.165, 1.54) is 24.3 Å². The number of allylic oxidation sites excluding steroid dienone is 1. The van der Waals surface area contributed by atoms with Crippen molar-refractivity contribution in [3.63, 3.8) is 0 Å². The standard InChI is InChI=1S/C15H21FO3.C15H21FO2/c1-2-3-8-18-13-7-5-12(16)9-11(13)4-6-14-15(10-17)19-14;1-2-3-11-18-15-9-8-14(16)12-13(15)7-5-4-6-10-17/h5,7,9,14-15,17H,2-4,6,8,10H2,1H3;4,6,8-9,12,17H,2-3,5,7,10-11H2,1H3/b;6-4-. The SMILES string of the molecule is CCCCOc1ccc(F)cc1CC/C=C\CO.CCCCOc1ccc(F)cc1CCC1OC1CO. The molecule has 0 spiro atoms. The highest BCUT2D eigenvalue weighted by Crippen LogP contribution is 2.29. The van der Waals surface area contributed by atoms with Crippen molar-refractivity contribution in [1.29, 1.82) is 0 Å². The Morgan fingerprint density at radius 1 is 0.811 bits per heavy atom. The second-order valence-electron chi connectivity index (χ2n) is 9.04. The van der Waals surface area contributed by atoms with E-state index in [9.17, 15) is 8.78 Å². The zero-order valence-corrected chi connectivity index (χ0v) is 22.1. The van der Waals surface area contributed by atoms with Gasteiger partial charge in [0.25, 0.3) is 0 Å². The van der Waals surface area contributed by atoms with E-state index in [2.05, 4.69) is 13.8 Å². The molecule has 1 aliphatic heterocycles. The summed E-state index contributed by atoms with van der Waals surface area (Å²) in [6.07, 6.45) is 10.8. The predicted molar refractivity (Wildman–Crippen MR) is 142 cm³/mol. The van der Waals surface area contributed by atoms with E-state index in [0.29, 0.717) is 19.6 Å². The van der Waals surface area contributed by atoms with Gasteiger partial charge >= 0.3 is 0 Å². The topological polar surface area (TPSA) is 71.5 Å². The summed E-state index contributed by atoms with van der Waals surface area (Å²) in [5.74, 6) is 1.05. The molecule has 2 atom stereocenters. The van der Waals surface area contributed by atoms with Crippen molar-refractivity contribution in [2.75, 3.05) is 26.4 Å². The van der Waals surface area contributed by atoms with Crippen LogP contribution >= 0.6 is 0 Å². The molecule has 7 heteroatoms. The van der Waals surface area contributed by atoms with E-state index < -0.39 is 0 Å². The molecule has 2 aromatic rings. The van der Waals surface area contributed by atoms with Crippen LogP contribution in [-0.4, -0.2) is 48.8 Å². The van der Waals surface area contributed by atoms with Crippen LogP contribution in [0.25, 0.3) is 0 Å². The van der Waals surface area contributed by atoms with Crippen molar-refractivity contribution in [3.8, 4) is 11.5 Å². The molecule has 0 bridgehead atoms. The van der Waals surface area contributed by atoms with Gasteiger partial charge in [-0.3, -0.25) is 0 Å². The van der Waals surface area contributed by atoms with Gasteiger partial charge in [-0.25, -0.2) is 8.78 Å². The molecule has 1 aliphatic rings. The fourth-order valence-electron chi connectivity index (χ4n) is 3.74. The smallest absolute Gasteiger partial charge is 0.123 e. The van der Waals surface area contributed by atoms with E-state index in [4.69, 9.17) is 24.4 Å². The lowest BCUT2D eigenvalue weighted by atomic mass is 10.1. The quantitative estimate of drug-likeness (QED) is 0.157. The third-order valence-electron chi connectivity index (χ3n) is 5.97. The zero-order valence-electron chi connectivity index (χ0n) is 22.1. The molecule has 1 heterocycles. The number of aliphatic hydroxyl groups excluding tert-OH is 2. The van der Waals surface area contributed by atoms with Crippen LogP contribution in [-0.2, 0) is 17.6 Å². The van der Waals surface area contributed by atoms with Gasteiger partial charge in [-0.2, -0.15) is 0 Å². The highest BCUT2D eigenvalue weighted by molar-refractivity contribution is 5.35. The highest BCUT2D eigenvalue weighted by atomic mass is 19.1. The molecule has 3 rings (SSSR count). The zero-order chi connectivity index (χ0) is 26.9. The Hall–Kier alpha value is -2.48. The Morgan fingerprint density at radius 2 is 1.38 bits per heavy atom. The van der Waals surface area contributed by atoms with Crippen LogP contribution in [0.5, 0.6) is 11.5 Å². The molecule has 2 aromatic carbocycles. The van der Waals surface area contributed by atoms with Crippen LogP contribution < -0.4 is 9.47 Å². The van der Waals surface area contributed by atoms with Gasteiger partial charge in [0.2, 0.25) is 0 Å². The van der Waals surface area contributed by atoms with E-state index in [1.54, 1.807) is 18.2 Å². The maximum absolute atomic E-state index is 13.3. The lowest BCUT2D eigenvalue weighted by Gasteiger charge is -2.11. The number of hydrogen-bond donors (Lipinski definition) is 2. The summed E-state index contributed by atoms with van der Waals surface area (Å²) in [4.78, 5) is 0. The summed E-state index contributed by atoms with van der Waals surface area (Å²) in [6, 6.07) is 9.28. The number of epoxide rings is 1. The van der Waals surface area contributed by atoms with Gasteiger partial charge in [0.1, 0.15) is 29.2 Å². The number of ether oxygens (including phenoxy) is 3. The van der Waals surface area contributed by atoms with Crippen molar-refractivity contribution in [2.45, 2.75) is 77.4 Å². The monoisotopic (exact) mass is 520 g/mol. The number of unbranched alkanes of at least 4 members (excludes halogenated alkanes) is 2. The second-order valence-corrected chi connectivity index (χ2v) is 9.04. The van der Waals surface area contributed by atoms with Gasteiger partial charge in [0, 0.05) is 0 Å². The first kappa shape index (κ1) is 30.7. The summed E-state index contributed by atoms with van der Waals surface area (Å²) in [6.45, 7) is 5.65. The molecule has 0 saturated carbocycles. The molecule has 2 unspecified atom stereocenters. The van der Waals surface area contributed by atoms with Gasteiger partial charge in [-0.05, 0) is 86.1 Å². The third kappa shape index (κ3) is 12.1. The van der Waals surface area contributed by atoms with Crippen LogP contribution in [0.2, 0.25) is 0 Å². The Bertz CT molecular complexity index is 934. The first-order valence-corrected chi connectivity index (χ1v) is 13.4. The van der Waals surface area contributed by atoms with Crippen molar-refractivity contribution >= 4 is 0 Å². The Morgan fingerprint density at radius 3 is 1.86 bits per heavy atom. The minimum atomic E-state index is -0.242. The Kier molecular flexibility index (Phi) is 14.9. The fraction of sp³-hybridized carbons (Fsp3) is 0.533. The van der Waals surface area contributed by atoms with Crippen LogP contribution in [0.4, 0.5) is 8.78 Å². The number of rotatable bonds is 16. The molecule has 0 aliphatic carbocycles. The first-order valence-electron chi connectivity index (χ1n) is 13.4. The largest absolute Gasteiger partial charge is 0.493 e.